The van der Waals surface area contributed by atoms with Gasteiger partial charge in [0.05, 0.1) is 18.7 Å². The molecule has 1 saturated heterocycles. The van der Waals surface area contributed by atoms with E-state index in [4.69, 9.17) is 9.47 Å². The van der Waals surface area contributed by atoms with E-state index in [1.807, 2.05) is 42.5 Å². The number of pyridine rings is 1. The number of rotatable bonds is 8. The average Bonchev–Trinajstić information content (AvgIpc) is 3.49. The highest BCUT2D eigenvalue weighted by atomic mass is 32.2. The Morgan fingerprint density at radius 3 is 2.71 bits per heavy atom. The van der Waals surface area contributed by atoms with Crippen molar-refractivity contribution in [3.8, 4) is 5.75 Å². The molecule has 6 nitrogen and oxygen atoms in total. The number of sulfonamides is 1. The molecule has 3 aromatic rings. The summed E-state index contributed by atoms with van der Waals surface area (Å²) in [6, 6.07) is 16.8. The van der Waals surface area contributed by atoms with E-state index in [-0.39, 0.29) is 10.9 Å². The Bertz CT molecular complexity index is 1170. The first-order valence-electron chi connectivity index (χ1n) is 10.8. The Morgan fingerprint density at radius 1 is 1.06 bits per heavy atom. The first-order chi connectivity index (χ1) is 15.1. The molecule has 0 N–H and O–H groups in total. The van der Waals surface area contributed by atoms with Gasteiger partial charge in [0.1, 0.15) is 10.6 Å². The average molecular weight is 439 g/mol. The Balaban J connectivity index is 1.39. The molecule has 5 rings (SSSR count). The standard InChI is InChI=1S/C24H26N2O4S/c27-31(28,23-8-2-5-20-6-3-12-25-24(20)23)26(21-9-10-21)15-18-4-1-7-22(14-18)30-17-19-11-13-29-16-19/h1-8,12,14,19,21H,9-11,13,15-17H2/t19-/m1/s1. The van der Waals surface area contributed by atoms with Gasteiger partial charge >= 0.3 is 0 Å². The second-order valence-corrected chi connectivity index (χ2v) is 10.2. The number of benzene rings is 2. The molecule has 2 fully saturated rings. The normalized spacial score (nSPS) is 19.2. The smallest absolute Gasteiger partial charge is 0.245 e. The van der Waals surface area contributed by atoms with E-state index in [0.717, 1.165) is 49.2 Å². The lowest BCUT2D eigenvalue weighted by atomic mass is 10.1. The third-order valence-corrected chi connectivity index (χ3v) is 7.81. The van der Waals surface area contributed by atoms with Gasteiger partial charge in [0.2, 0.25) is 10.0 Å². The molecule has 2 aromatic carbocycles. The van der Waals surface area contributed by atoms with E-state index in [1.54, 1.807) is 22.6 Å². The van der Waals surface area contributed by atoms with Gasteiger partial charge in [-0.3, -0.25) is 4.98 Å². The van der Waals surface area contributed by atoms with Crippen LogP contribution in [-0.4, -0.2) is 43.6 Å². The van der Waals surface area contributed by atoms with Crippen molar-refractivity contribution >= 4 is 20.9 Å². The SMILES string of the molecule is O=S(=O)(c1cccc2cccnc12)N(Cc1cccc(OC[C@@H]2CCOC2)c1)C1CC1. The second kappa shape index (κ2) is 8.57. The number of fused-ring (bicyclic) bond motifs is 1. The van der Waals surface area contributed by atoms with Crippen molar-refractivity contribution in [2.24, 2.45) is 5.92 Å². The summed E-state index contributed by atoms with van der Waals surface area (Å²) in [5, 5.41) is 0.825. The fraction of sp³-hybridized carbons (Fsp3) is 0.375. The maximum Gasteiger partial charge on any atom is 0.245 e. The minimum Gasteiger partial charge on any atom is -0.493 e. The number of hydrogen-bond acceptors (Lipinski definition) is 5. The first kappa shape index (κ1) is 20.4. The molecule has 162 valence electrons. The third-order valence-electron chi connectivity index (χ3n) is 5.88. The van der Waals surface area contributed by atoms with Gasteiger partial charge in [0.25, 0.3) is 0 Å². The lowest BCUT2D eigenvalue weighted by molar-refractivity contribution is 0.167. The quantitative estimate of drug-likeness (QED) is 0.532. The van der Waals surface area contributed by atoms with Crippen molar-refractivity contribution < 1.29 is 17.9 Å². The molecular formula is C24H26N2O4S. The molecule has 1 saturated carbocycles. The molecule has 31 heavy (non-hydrogen) atoms. The summed E-state index contributed by atoms with van der Waals surface area (Å²) in [6.07, 6.45) is 4.43. The number of hydrogen-bond donors (Lipinski definition) is 0. The number of ether oxygens (including phenoxy) is 2. The van der Waals surface area contributed by atoms with Crippen LogP contribution in [0.5, 0.6) is 5.75 Å². The van der Waals surface area contributed by atoms with Crippen LogP contribution in [0.2, 0.25) is 0 Å². The van der Waals surface area contributed by atoms with Crippen molar-refractivity contribution in [3.63, 3.8) is 0 Å². The highest BCUT2D eigenvalue weighted by Crippen LogP contribution is 2.35. The van der Waals surface area contributed by atoms with Crippen molar-refractivity contribution in [3.05, 3.63) is 66.4 Å². The summed E-state index contributed by atoms with van der Waals surface area (Å²) in [5.41, 5.74) is 1.44. The van der Waals surface area contributed by atoms with Gasteiger partial charge in [-0.1, -0.05) is 30.3 Å². The largest absolute Gasteiger partial charge is 0.493 e. The highest BCUT2D eigenvalue weighted by molar-refractivity contribution is 7.89. The zero-order valence-electron chi connectivity index (χ0n) is 17.3. The van der Waals surface area contributed by atoms with Gasteiger partial charge in [-0.15, -0.1) is 0 Å². The van der Waals surface area contributed by atoms with Gasteiger partial charge in [0.15, 0.2) is 0 Å². The van der Waals surface area contributed by atoms with Gasteiger partial charge in [0, 0.05) is 36.7 Å². The molecule has 0 bridgehead atoms. The van der Waals surface area contributed by atoms with E-state index >= 15 is 0 Å². The van der Waals surface area contributed by atoms with Crippen LogP contribution in [0.15, 0.2) is 65.7 Å². The van der Waals surface area contributed by atoms with Crippen molar-refractivity contribution in [2.75, 3.05) is 19.8 Å². The third kappa shape index (κ3) is 4.44. The van der Waals surface area contributed by atoms with E-state index in [9.17, 15) is 8.42 Å². The van der Waals surface area contributed by atoms with Crippen LogP contribution in [0, 0.1) is 5.92 Å². The van der Waals surface area contributed by atoms with Crippen LogP contribution in [-0.2, 0) is 21.3 Å². The highest BCUT2D eigenvalue weighted by Gasteiger charge is 2.39. The van der Waals surface area contributed by atoms with Crippen LogP contribution in [0.4, 0.5) is 0 Å². The van der Waals surface area contributed by atoms with E-state index in [0.29, 0.717) is 24.6 Å². The molecule has 0 spiro atoms. The summed E-state index contributed by atoms with van der Waals surface area (Å²) in [5.74, 6) is 1.19. The van der Waals surface area contributed by atoms with Gasteiger partial charge in [-0.2, -0.15) is 4.31 Å². The zero-order valence-corrected chi connectivity index (χ0v) is 18.1. The summed E-state index contributed by atoms with van der Waals surface area (Å²) in [4.78, 5) is 4.63. The maximum atomic E-state index is 13.7. The maximum absolute atomic E-state index is 13.7. The first-order valence-corrected chi connectivity index (χ1v) is 12.2. The number of nitrogens with zero attached hydrogens (tertiary/aromatic N) is 2. The lowest BCUT2D eigenvalue weighted by Gasteiger charge is -2.23. The lowest BCUT2D eigenvalue weighted by Crippen LogP contribution is -2.33. The van der Waals surface area contributed by atoms with Gasteiger partial charge in [-0.25, -0.2) is 8.42 Å². The number of aromatic nitrogens is 1. The minimum atomic E-state index is -3.69. The van der Waals surface area contributed by atoms with Crippen LogP contribution >= 0.6 is 0 Å². The van der Waals surface area contributed by atoms with Gasteiger partial charge in [-0.05, 0) is 49.1 Å². The second-order valence-electron chi connectivity index (χ2n) is 8.30. The molecular weight excluding hydrogens is 412 g/mol. The molecule has 1 aliphatic heterocycles. The summed E-state index contributed by atoms with van der Waals surface area (Å²) in [6.45, 7) is 2.48. The van der Waals surface area contributed by atoms with E-state index in [2.05, 4.69) is 4.98 Å². The monoisotopic (exact) mass is 438 g/mol. The Morgan fingerprint density at radius 2 is 1.90 bits per heavy atom. The Hall–Kier alpha value is -2.48. The molecule has 1 atom stereocenters. The van der Waals surface area contributed by atoms with Crippen LogP contribution in [0.3, 0.4) is 0 Å². The summed E-state index contributed by atoms with van der Waals surface area (Å²) >= 11 is 0. The van der Waals surface area contributed by atoms with Crippen LogP contribution in [0.25, 0.3) is 10.9 Å². The van der Waals surface area contributed by atoms with Crippen molar-refractivity contribution in [1.29, 1.82) is 0 Å². The minimum absolute atomic E-state index is 0.0316. The summed E-state index contributed by atoms with van der Waals surface area (Å²) < 4.78 is 40.3. The molecule has 0 amide bonds. The Kier molecular flexibility index (Phi) is 5.65. The molecule has 0 radical (unpaired) electrons. The number of para-hydroxylation sites is 1. The van der Waals surface area contributed by atoms with Crippen LogP contribution < -0.4 is 4.74 Å². The molecule has 0 unspecified atom stereocenters. The molecule has 1 aromatic heterocycles. The van der Waals surface area contributed by atoms with E-state index < -0.39 is 10.0 Å². The van der Waals surface area contributed by atoms with Crippen molar-refractivity contribution in [2.45, 2.75) is 36.7 Å². The fourth-order valence-electron chi connectivity index (χ4n) is 4.03. The van der Waals surface area contributed by atoms with E-state index in [1.165, 1.54) is 0 Å². The van der Waals surface area contributed by atoms with Crippen LogP contribution in [0.1, 0.15) is 24.8 Å². The molecule has 2 heterocycles. The fourth-order valence-corrected chi connectivity index (χ4v) is 5.87. The Labute approximate surface area is 182 Å². The summed E-state index contributed by atoms with van der Waals surface area (Å²) in [7, 11) is -3.69. The molecule has 7 heteroatoms. The predicted octanol–water partition coefficient (Wildman–Crippen LogP) is 4.00. The topological polar surface area (TPSA) is 68.7 Å². The molecule has 2 aliphatic rings. The van der Waals surface area contributed by atoms with Gasteiger partial charge < -0.3 is 9.47 Å². The van der Waals surface area contributed by atoms with Crippen molar-refractivity contribution in [1.82, 2.24) is 9.29 Å². The molecule has 1 aliphatic carbocycles. The zero-order chi connectivity index (χ0) is 21.3. The predicted molar refractivity (Wildman–Crippen MR) is 118 cm³/mol.